The number of aromatic amines is 1. The van der Waals surface area contributed by atoms with E-state index in [-0.39, 0.29) is 22.9 Å². The van der Waals surface area contributed by atoms with E-state index in [0.717, 1.165) is 24.1 Å². The van der Waals surface area contributed by atoms with Crippen molar-refractivity contribution < 1.29 is 4.79 Å². The van der Waals surface area contributed by atoms with E-state index in [9.17, 15) is 9.59 Å². The third-order valence-corrected chi connectivity index (χ3v) is 4.20. The Bertz CT molecular complexity index is 671. The number of aryl methyl sites for hydroxylation is 1. The number of pyridine rings is 1. The fourth-order valence-electron chi connectivity index (χ4n) is 2.23. The van der Waals surface area contributed by atoms with E-state index in [0.29, 0.717) is 6.54 Å². The number of hydrogen-bond acceptors (Lipinski definition) is 3. The molecule has 1 amide bonds. The molecule has 2 aromatic rings. The van der Waals surface area contributed by atoms with Crippen molar-refractivity contribution in [1.29, 1.82) is 0 Å². The Labute approximate surface area is 121 Å². The molecule has 4 nitrogen and oxygen atoms in total. The van der Waals surface area contributed by atoms with Crippen LogP contribution in [-0.2, 0) is 6.54 Å². The van der Waals surface area contributed by atoms with Gasteiger partial charge in [-0.15, -0.1) is 0 Å². The summed E-state index contributed by atoms with van der Waals surface area (Å²) in [4.78, 5) is 29.3. The van der Waals surface area contributed by atoms with E-state index in [1.165, 1.54) is 12.3 Å². The Kier molecular flexibility index (Phi) is 3.44. The summed E-state index contributed by atoms with van der Waals surface area (Å²) < 4.78 is 0. The number of carbonyl (C=O) groups excluding carboxylic acids is 1. The summed E-state index contributed by atoms with van der Waals surface area (Å²) in [6.45, 7) is 2.39. The maximum Gasteiger partial charge on any atom is 0.259 e. The van der Waals surface area contributed by atoms with E-state index >= 15 is 0 Å². The van der Waals surface area contributed by atoms with Gasteiger partial charge < -0.3 is 9.88 Å². The van der Waals surface area contributed by atoms with Crippen LogP contribution in [0.5, 0.6) is 0 Å². The molecule has 1 N–H and O–H groups in total. The normalized spacial score (nSPS) is 14.2. The van der Waals surface area contributed by atoms with Gasteiger partial charge in [-0.05, 0) is 42.2 Å². The topological polar surface area (TPSA) is 53.2 Å². The zero-order chi connectivity index (χ0) is 14.1. The van der Waals surface area contributed by atoms with E-state index in [2.05, 4.69) is 4.98 Å². The third-order valence-electron chi connectivity index (χ3n) is 3.47. The van der Waals surface area contributed by atoms with E-state index in [1.807, 2.05) is 21.7 Å². The molecule has 20 heavy (non-hydrogen) atoms. The molecular weight excluding hydrogens is 272 g/mol. The standard InChI is InChI=1S/C15H16N2O2S/c1-10-6-14(18)13(7-16-10)15(19)17(12-2-3-12)8-11-4-5-20-9-11/h4-7,9,12H,2-3,8H2,1H3,(H,16,18). The summed E-state index contributed by atoms with van der Waals surface area (Å²) in [7, 11) is 0. The fraction of sp³-hybridized carbons (Fsp3) is 0.333. The summed E-state index contributed by atoms with van der Waals surface area (Å²) >= 11 is 1.62. The summed E-state index contributed by atoms with van der Waals surface area (Å²) in [6, 6.07) is 3.78. The number of carbonyl (C=O) groups is 1. The summed E-state index contributed by atoms with van der Waals surface area (Å²) in [5.74, 6) is -0.167. The number of amides is 1. The zero-order valence-electron chi connectivity index (χ0n) is 11.3. The Morgan fingerprint density at radius 1 is 1.50 bits per heavy atom. The first-order chi connectivity index (χ1) is 9.65. The van der Waals surface area contributed by atoms with Crippen molar-refractivity contribution in [3.05, 3.63) is 56.1 Å². The molecule has 2 heterocycles. The fourth-order valence-corrected chi connectivity index (χ4v) is 2.89. The molecule has 2 aromatic heterocycles. The van der Waals surface area contributed by atoms with Crippen molar-refractivity contribution in [2.45, 2.75) is 32.4 Å². The molecule has 0 unspecified atom stereocenters. The predicted octanol–water partition coefficient (Wildman–Crippen LogP) is 2.55. The van der Waals surface area contributed by atoms with Gasteiger partial charge in [-0.2, -0.15) is 11.3 Å². The molecule has 0 saturated heterocycles. The Morgan fingerprint density at radius 3 is 2.90 bits per heavy atom. The lowest BCUT2D eigenvalue weighted by molar-refractivity contribution is 0.0728. The van der Waals surface area contributed by atoms with Crippen molar-refractivity contribution in [3.63, 3.8) is 0 Å². The maximum absolute atomic E-state index is 12.6. The van der Waals surface area contributed by atoms with Gasteiger partial charge in [-0.25, -0.2) is 0 Å². The molecular formula is C15H16N2O2S. The van der Waals surface area contributed by atoms with Gasteiger partial charge >= 0.3 is 0 Å². The smallest absolute Gasteiger partial charge is 0.259 e. The number of aromatic nitrogens is 1. The van der Waals surface area contributed by atoms with Gasteiger partial charge in [0, 0.05) is 30.5 Å². The summed E-state index contributed by atoms with van der Waals surface area (Å²) in [5, 5.41) is 4.05. The number of nitrogens with zero attached hydrogens (tertiary/aromatic N) is 1. The first kappa shape index (κ1) is 13.1. The lowest BCUT2D eigenvalue weighted by Gasteiger charge is -2.21. The van der Waals surface area contributed by atoms with E-state index < -0.39 is 0 Å². The third kappa shape index (κ3) is 2.67. The van der Waals surface area contributed by atoms with Crippen LogP contribution < -0.4 is 5.43 Å². The second-order valence-electron chi connectivity index (χ2n) is 5.19. The van der Waals surface area contributed by atoms with Gasteiger partial charge in [0.2, 0.25) is 0 Å². The van der Waals surface area contributed by atoms with E-state index in [4.69, 9.17) is 0 Å². The van der Waals surface area contributed by atoms with Gasteiger partial charge in [0.05, 0.1) is 0 Å². The molecule has 0 spiro atoms. The van der Waals surface area contributed by atoms with Crippen LogP contribution in [0.2, 0.25) is 0 Å². The highest BCUT2D eigenvalue weighted by Gasteiger charge is 2.33. The van der Waals surface area contributed by atoms with Crippen LogP contribution in [0.1, 0.15) is 34.5 Å². The average molecular weight is 288 g/mol. The lowest BCUT2D eigenvalue weighted by Crippen LogP contribution is -2.35. The molecule has 1 aliphatic carbocycles. The largest absolute Gasteiger partial charge is 0.364 e. The first-order valence-corrected chi connectivity index (χ1v) is 7.61. The second-order valence-corrected chi connectivity index (χ2v) is 5.97. The first-order valence-electron chi connectivity index (χ1n) is 6.66. The molecule has 1 fully saturated rings. The molecule has 104 valence electrons. The molecule has 0 bridgehead atoms. The summed E-state index contributed by atoms with van der Waals surface area (Å²) in [5.41, 5.74) is 1.92. The van der Waals surface area contributed by atoms with Crippen molar-refractivity contribution >= 4 is 17.2 Å². The minimum Gasteiger partial charge on any atom is -0.364 e. The highest BCUT2D eigenvalue weighted by molar-refractivity contribution is 7.07. The Balaban J connectivity index is 1.87. The molecule has 0 radical (unpaired) electrons. The van der Waals surface area contributed by atoms with Gasteiger partial charge in [-0.1, -0.05) is 0 Å². The molecule has 3 rings (SSSR count). The van der Waals surface area contributed by atoms with Crippen LogP contribution in [0.3, 0.4) is 0 Å². The highest BCUT2D eigenvalue weighted by atomic mass is 32.1. The quantitative estimate of drug-likeness (QED) is 0.940. The Morgan fingerprint density at radius 2 is 2.30 bits per heavy atom. The lowest BCUT2D eigenvalue weighted by atomic mass is 10.2. The Hall–Kier alpha value is -1.88. The number of hydrogen-bond donors (Lipinski definition) is 1. The van der Waals surface area contributed by atoms with Crippen molar-refractivity contribution in [2.24, 2.45) is 0 Å². The zero-order valence-corrected chi connectivity index (χ0v) is 12.1. The molecule has 1 aliphatic rings. The molecule has 0 atom stereocenters. The van der Waals surface area contributed by atoms with Crippen LogP contribution in [0.25, 0.3) is 0 Å². The summed E-state index contributed by atoms with van der Waals surface area (Å²) in [6.07, 6.45) is 3.59. The van der Waals surface area contributed by atoms with Gasteiger partial charge in [0.1, 0.15) is 5.56 Å². The minimum absolute atomic E-state index is 0.167. The van der Waals surface area contributed by atoms with Crippen molar-refractivity contribution in [2.75, 3.05) is 0 Å². The predicted molar refractivity (Wildman–Crippen MR) is 79.0 cm³/mol. The SMILES string of the molecule is Cc1cc(=O)c(C(=O)N(Cc2ccsc2)C2CC2)c[nH]1. The number of thiophene rings is 1. The number of H-pyrrole nitrogens is 1. The maximum atomic E-state index is 12.6. The molecule has 1 saturated carbocycles. The van der Waals surface area contributed by atoms with Crippen LogP contribution in [-0.4, -0.2) is 21.8 Å². The van der Waals surface area contributed by atoms with Gasteiger partial charge in [-0.3, -0.25) is 9.59 Å². The van der Waals surface area contributed by atoms with Crippen LogP contribution >= 0.6 is 11.3 Å². The van der Waals surface area contributed by atoms with Crippen molar-refractivity contribution in [1.82, 2.24) is 9.88 Å². The van der Waals surface area contributed by atoms with E-state index in [1.54, 1.807) is 18.3 Å². The van der Waals surface area contributed by atoms with Crippen LogP contribution in [0.4, 0.5) is 0 Å². The average Bonchev–Trinajstić information content (AvgIpc) is 3.12. The van der Waals surface area contributed by atoms with Gasteiger partial charge in [0.25, 0.3) is 5.91 Å². The number of nitrogens with one attached hydrogen (secondary N) is 1. The minimum atomic E-state index is -0.206. The molecule has 0 aromatic carbocycles. The van der Waals surface area contributed by atoms with Crippen LogP contribution in [0, 0.1) is 6.92 Å². The van der Waals surface area contributed by atoms with Gasteiger partial charge in [0.15, 0.2) is 5.43 Å². The monoisotopic (exact) mass is 288 g/mol. The molecule has 5 heteroatoms. The van der Waals surface area contributed by atoms with Crippen LogP contribution in [0.15, 0.2) is 33.9 Å². The highest BCUT2D eigenvalue weighted by Crippen LogP contribution is 2.29. The number of rotatable bonds is 4. The van der Waals surface area contributed by atoms with Crippen molar-refractivity contribution in [3.8, 4) is 0 Å². The second kappa shape index (κ2) is 5.25. The molecule has 0 aliphatic heterocycles.